The minimum Gasteiger partial charge on any atom is -0.339 e. The maximum absolute atomic E-state index is 13.7. The van der Waals surface area contributed by atoms with E-state index in [9.17, 15) is 9.18 Å². The van der Waals surface area contributed by atoms with Gasteiger partial charge in [0, 0.05) is 49.6 Å². The minimum absolute atomic E-state index is 0.0142. The van der Waals surface area contributed by atoms with Crippen LogP contribution in [0.2, 0.25) is 0 Å². The maximum Gasteiger partial charge on any atom is 0.244 e. The highest BCUT2D eigenvalue weighted by Gasteiger charge is 2.22. The van der Waals surface area contributed by atoms with E-state index in [1.807, 2.05) is 41.4 Å². The van der Waals surface area contributed by atoms with Gasteiger partial charge in [-0.3, -0.25) is 4.79 Å². The van der Waals surface area contributed by atoms with Crippen LogP contribution in [0.1, 0.15) is 11.4 Å². The number of halogens is 1. The number of carbonyl (C=O) groups is 1. The van der Waals surface area contributed by atoms with Crippen LogP contribution in [0.25, 0.3) is 22.8 Å². The number of nitrogens with zero attached hydrogens (tertiary/aromatic N) is 6. The number of aromatic nitrogens is 5. The Morgan fingerprint density at radius 3 is 2.72 bits per heavy atom. The first-order valence-corrected chi connectivity index (χ1v) is 10.6. The highest BCUT2D eigenvalue weighted by molar-refractivity contribution is 5.77. The summed E-state index contributed by atoms with van der Waals surface area (Å²) in [5, 5.41) is 4.63. The Morgan fingerprint density at radius 1 is 1.06 bits per heavy atom. The SMILES string of the molecule is Cc1cc(-c2nc(-c3ccccc3)n(CC(=O)N3CCc4nccn4CC3)n2)ccc1F. The van der Waals surface area contributed by atoms with Crippen LogP contribution in [-0.2, 0) is 24.3 Å². The highest BCUT2D eigenvalue weighted by atomic mass is 19.1. The number of fused-ring (bicyclic) bond motifs is 1. The maximum atomic E-state index is 13.7. The van der Waals surface area contributed by atoms with E-state index >= 15 is 0 Å². The van der Waals surface area contributed by atoms with Gasteiger partial charge in [0.05, 0.1) is 0 Å². The first-order valence-electron chi connectivity index (χ1n) is 10.6. The Balaban J connectivity index is 1.44. The second kappa shape index (κ2) is 8.37. The van der Waals surface area contributed by atoms with Crippen LogP contribution in [0.15, 0.2) is 60.9 Å². The van der Waals surface area contributed by atoms with E-state index in [1.54, 1.807) is 29.9 Å². The Hall–Kier alpha value is -3.81. The van der Waals surface area contributed by atoms with Gasteiger partial charge in [0.1, 0.15) is 18.2 Å². The fourth-order valence-electron chi connectivity index (χ4n) is 3.98. The quantitative estimate of drug-likeness (QED) is 0.498. The fraction of sp³-hybridized carbons (Fsp3) is 0.250. The van der Waals surface area contributed by atoms with Gasteiger partial charge >= 0.3 is 0 Å². The molecule has 0 saturated carbocycles. The molecule has 0 bridgehead atoms. The average Bonchev–Trinajstić information content (AvgIpc) is 3.38. The van der Waals surface area contributed by atoms with Crippen LogP contribution in [-0.4, -0.2) is 48.2 Å². The third kappa shape index (κ3) is 3.91. The monoisotopic (exact) mass is 430 g/mol. The van der Waals surface area contributed by atoms with Crippen LogP contribution >= 0.6 is 0 Å². The lowest BCUT2D eigenvalue weighted by atomic mass is 10.1. The molecule has 2 aromatic carbocycles. The summed E-state index contributed by atoms with van der Waals surface area (Å²) in [5.74, 6) is 1.79. The smallest absolute Gasteiger partial charge is 0.244 e. The molecular weight excluding hydrogens is 407 g/mol. The number of amides is 1. The van der Waals surface area contributed by atoms with E-state index < -0.39 is 0 Å². The second-order valence-corrected chi connectivity index (χ2v) is 7.91. The van der Waals surface area contributed by atoms with Crippen LogP contribution in [0.4, 0.5) is 4.39 Å². The van der Waals surface area contributed by atoms with Crippen molar-refractivity contribution in [2.75, 3.05) is 13.1 Å². The number of hydrogen-bond acceptors (Lipinski definition) is 4. The van der Waals surface area contributed by atoms with Gasteiger partial charge in [0.2, 0.25) is 5.91 Å². The van der Waals surface area contributed by atoms with E-state index in [4.69, 9.17) is 4.98 Å². The largest absolute Gasteiger partial charge is 0.339 e. The summed E-state index contributed by atoms with van der Waals surface area (Å²) >= 11 is 0. The van der Waals surface area contributed by atoms with Crippen LogP contribution < -0.4 is 0 Å². The normalized spacial score (nSPS) is 13.6. The third-order valence-corrected chi connectivity index (χ3v) is 5.78. The summed E-state index contributed by atoms with van der Waals surface area (Å²) in [7, 11) is 0. The van der Waals surface area contributed by atoms with E-state index in [1.165, 1.54) is 6.07 Å². The molecule has 4 aromatic rings. The molecule has 0 fully saturated rings. The zero-order valence-electron chi connectivity index (χ0n) is 17.8. The van der Waals surface area contributed by atoms with E-state index in [-0.39, 0.29) is 18.3 Å². The van der Waals surface area contributed by atoms with Crippen LogP contribution in [0.5, 0.6) is 0 Å². The summed E-state index contributed by atoms with van der Waals surface area (Å²) in [4.78, 5) is 24.1. The number of carbonyl (C=O) groups excluding carboxylic acids is 1. The van der Waals surface area contributed by atoms with Crippen molar-refractivity contribution >= 4 is 5.91 Å². The van der Waals surface area contributed by atoms with Gasteiger partial charge in [0.25, 0.3) is 0 Å². The molecule has 32 heavy (non-hydrogen) atoms. The predicted octanol–water partition coefficient (Wildman–Crippen LogP) is 3.34. The van der Waals surface area contributed by atoms with Crippen molar-refractivity contribution in [3.63, 3.8) is 0 Å². The number of hydrogen-bond donors (Lipinski definition) is 0. The first-order chi connectivity index (χ1) is 15.6. The second-order valence-electron chi connectivity index (χ2n) is 7.91. The molecule has 0 saturated heterocycles. The molecule has 8 heteroatoms. The summed E-state index contributed by atoms with van der Waals surface area (Å²) < 4.78 is 17.5. The van der Waals surface area contributed by atoms with Crippen molar-refractivity contribution < 1.29 is 9.18 Å². The third-order valence-electron chi connectivity index (χ3n) is 5.78. The van der Waals surface area contributed by atoms with Crippen molar-refractivity contribution in [3.05, 3.63) is 78.1 Å². The standard InChI is InChI=1S/C24H23FN6O/c1-17-15-19(7-8-20(17)25)23-27-24(18-5-3-2-4-6-18)31(28-23)16-22(32)30-11-9-21-26-10-12-29(21)13-14-30/h2-8,10,12,15H,9,11,13-14,16H2,1H3. The van der Waals surface area contributed by atoms with Crippen molar-refractivity contribution in [2.24, 2.45) is 0 Å². The van der Waals surface area contributed by atoms with Gasteiger partial charge in [-0.1, -0.05) is 30.3 Å². The van der Waals surface area contributed by atoms with Gasteiger partial charge in [-0.05, 0) is 30.7 Å². The van der Waals surface area contributed by atoms with Crippen molar-refractivity contribution in [1.82, 2.24) is 29.2 Å². The number of benzene rings is 2. The van der Waals surface area contributed by atoms with Crippen molar-refractivity contribution in [3.8, 4) is 22.8 Å². The molecule has 0 N–H and O–H groups in total. The van der Waals surface area contributed by atoms with Crippen molar-refractivity contribution in [2.45, 2.75) is 26.4 Å². The molecule has 0 atom stereocenters. The van der Waals surface area contributed by atoms with E-state index in [0.29, 0.717) is 35.9 Å². The Kier molecular flexibility index (Phi) is 5.26. The summed E-state index contributed by atoms with van der Waals surface area (Å²) in [6, 6.07) is 14.5. The molecule has 7 nitrogen and oxygen atoms in total. The predicted molar refractivity (Wildman–Crippen MR) is 118 cm³/mol. The Labute approximate surface area is 185 Å². The Bertz CT molecular complexity index is 1240. The van der Waals surface area contributed by atoms with E-state index in [2.05, 4.69) is 14.6 Å². The number of imidazole rings is 1. The van der Waals surface area contributed by atoms with Gasteiger partial charge in [0.15, 0.2) is 11.6 Å². The van der Waals surface area contributed by atoms with Crippen LogP contribution in [0, 0.1) is 12.7 Å². The van der Waals surface area contributed by atoms with Gasteiger partial charge in [-0.25, -0.2) is 19.0 Å². The molecule has 0 spiro atoms. The fourth-order valence-corrected chi connectivity index (χ4v) is 3.98. The molecule has 162 valence electrons. The molecule has 0 radical (unpaired) electrons. The van der Waals surface area contributed by atoms with E-state index in [0.717, 1.165) is 24.4 Å². The molecule has 3 heterocycles. The lowest BCUT2D eigenvalue weighted by Gasteiger charge is -2.20. The van der Waals surface area contributed by atoms with Gasteiger partial charge < -0.3 is 9.47 Å². The molecule has 1 aliphatic heterocycles. The number of aryl methyl sites for hydroxylation is 1. The molecule has 5 rings (SSSR count). The summed E-state index contributed by atoms with van der Waals surface area (Å²) in [5.41, 5.74) is 2.11. The summed E-state index contributed by atoms with van der Waals surface area (Å²) in [6.45, 7) is 3.77. The molecular formula is C24H23FN6O. The van der Waals surface area contributed by atoms with Crippen molar-refractivity contribution in [1.29, 1.82) is 0 Å². The Morgan fingerprint density at radius 2 is 1.91 bits per heavy atom. The minimum atomic E-state index is -0.271. The lowest BCUT2D eigenvalue weighted by molar-refractivity contribution is -0.132. The highest BCUT2D eigenvalue weighted by Crippen LogP contribution is 2.24. The molecule has 0 aliphatic carbocycles. The molecule has 2 aromatic heterocycles. The molecule has 1 aliphatic rings. The molecule has 1 amide bonds. The van der Waals surface area contributed by atoms with Gasteiger partial charge in [-0.15, -0.1) is 5.10 Å². The zero-order chi connectivity index (χ0) is 22.1. The number of rotatable bonds is 4. The van der Waals surface area contributed by atoms with Gasteiger partial charge in [-0.2, -0.15) is 0 Å². The van der Waals surface area contributed by atoms with Crippen LogP contribution in [0.3, 0.4) is 0 Å². The zero-order valence-corrected chi connectivity index (χ0v) is 17.8. The topological polar surface area (TPSA) is 68.8 Å². The molecule has 0 unspecified atom stereocenters. The average molecular weight is 430 g/mol. The first kappa shape index (κ1) is 20.1. The lowest BCUT2D eigenvalue weighted by Crippen LogP contribution is -2.36. The summed E-state index contributed by atoms with van der Waals surface area (Å²) in [6.07, 6.45) is 4.47.